The lowest BCUT2D eigenvalue weighted by Gasteiger charge is -2.39. The number of ether oxygens (including phenoxy) is 6. The van der Waals surface area contributed by atoms with Gasteiger partial charge in [0.15, 0.2) is 23.0 Å². The van der Waals surface area contributed by atoms with Gasteiger partial charge in [0.1, 0.15) is 11.5 Å². The highest BCUT2D eigenvalue weighted by Gasteiger charge is 2.52. The van der Waals surface area contributed by atoms with Crippen LogP contribution in [0.3, 0.4) is 0 Å². The first-order valence-electron chi connectivity index (χ1n) is 13.3. The van der Waals surface area contributed by atoms with E-state index in [2.05, 4.69) is 10.2 Å². The van der Waals surface area contributed by atoms with E-state index < -0.39 is 5.92 Å². The zero-order chi connectivity index (χ0) is 28.0. The van der Waals surface area contributed by atoms with E-state index in [1.165, 1.54) is 0 Å². The second-order valence-electron chi connectivity index (χ2n) is 10.6. The molecule has 3 heterocycles. The lowest BCUT2D eigenvalue weighted by molar-refractivity contribution is -0.141. The van der Waals surface area contributed by atoms with Gasteiger partial charge in [-0.1, -0.05) is 0 Å². The number of benzene rings is 2. The van der Waals surface area contributed by atoms with E-state index in [1.54, 1.807) is 21.3 Å². The van der Waals surface area contributed by atoms with Crippen LogP contribution in [0.4, 0.5) is 0 Å². The number of furan rings is 1. The molecular weight excluding hydrogens is 516 g/mol. The second-order valence-corrected chi connectivity index (χ2v) is 10.6. The van der Waals surface area contributed by atoms with Crippen molar-refractivity contribution in [1.29, 1.82) is 0 Å². The van der Waals surface area contributed by atoms with Gasteiger partial charge in [-0.2, -0.15) is 0 Å². The molecule has 0 radical (unpaired) electrons. The second kappa shape index (κ2) is 10.6. The minimum absolute atomic E-state index is 0.124. The van der Waals surface area contributed by atoms with Crippen LogP contribution in [0.5, 0.6) is 28.7 Å². The average molecular weight is 551 g/mol. The maximum atomic E-state index is 13.4. The largest absolute Gasteiger partial charge is 0.493 e. The molecule has 0 amide bonds. The van der Waals surface area contributed by atoms with E-state index in [-0.39, 0.29) is 30.6 Å². The van der Waals surface area contributed by atoms with Crippen LogP contribution in [0.2, 0.25) is 0 Å². The van der Waals surface area contributed by atoms with Gasteiger partial charge in [0.05, 0.1) is 46.9 Å². The van der Waals surface area contributed by atoms with Gasteiger partial charge in [-0.15, -0.1) is 0 Å². The van der Waals surface area contributed by atoms with Crippen LogP contribution >= 0.6 is 0 Å². The Kier molecular flexibility index (Phi) is 6.97. The summed E-state index contributed by atoms with van der Waals surface area (Å²) < 4.78 is 40.2. The van der Waals surface area contributed by atoms with Crippen molar-refractivity contribution in [2.45, 2.75) is 25.0 Å². The van der Waals surface area contributed by atoms with Gasteiger partial charge in [-0.3, -0.25) is 4.79 Å². The van der Waals surface area contributed by atoms with E-state index in [4.69, 9.17) is 32.8 Å². The van der Waals surface area contributed by atoms with Crippen LogP contribution in [0.1, 0.15) is 40.2 Å². The highest BCUT2D eigenvalue weighted by molar-refractivity contribution is 5.79. The maximum absolute atomic E-state index is 13.4. The summed E-state index contributed by atoms with van der Waals surface area (Å²) >= 11 is 0. The van der Waals surface area contributed by atoms with Crippen molar-refractivity contribution in [1.82, 2.24) is 10.2 Å². The number of carbonyl (C=O) groups excluding carboxylic acids is 1. The third-order valence-corrected chi connectivity index (χ3v) is 7.92. The van der Waals surface area contributed by atoms with Crippen molar-refractivity contribution in [3.8, 4) is 28.7 Å². The molecule has 10 nitrogen and oxygen atoms in total. The summed E-state index contributed by atoms with van der Waals surface area (Å²) in [7, 11) is 8.74. The quantitative estimate of drug-likeness (QED) is 0.395. The van der Waals surface area contributed by atoms with Crippen molar-refractivity contribution in [3.05, 3.63) is 64.6 Å². The predicted molar refractivity (Wildman–Crippen MR) is 144 cm³/mol. The predicted octanol–water partition coefficient (Wildman–Crippen LogP) is 3.86. The summed E-state index contributed by atoms with van der Waals surface area (Å²) in [6.45, 7) is 1.68. The summed E-state index contributed by atoms with van der Waals surface area (Å²) in [6, 6.07) is 11.6. The number of nitrogens with zero attached hydrogens (tertiary/aromatic N) is 1. The van der Waals surface area contributed by atoms with Crippen molar-refractivity contribution in [2.24, 2.45) is 11.8 Å². The maximum Gasteiger partial charge on any atom is 0.310 e. The number of fused-ring (bicyclic) bond motifs is 3. The fraction of sp³-hybridized carbons (Fsp3) is 0.433. The molecule has 2 aromatic carbocycles. The Morgan fingerprint density at radius 1 is 0.900 bits per heavy atom. The van der Waals surface area contributed by atoms with E-state index in [9.17, 15) is 4.79 Å². The Morgan fingerprint density at radius 2 is 1.57 bits per heavy atom. The molecular formula is C30H34N2O8. The summed E-state index contributed by atoms with van der Waals surface area (Å²) in [5, 5.41) is 3.67. The fourth-order valence-corrected chi connectivity index (χ4v) is 6.23. The monoisotopic (exact) mass is 550 g/mol. The Morgan fingerprint density at radius 3 is 2.23 bits per heavy atom. The molecule has 3 aromatic rings. The van der Waals surface area contributed by atoms with Gasteiger partial charge in [-0.05, 0) is 67.2 Å². The normalized spacial score (nSPS) is 22.6. The molecule has 40 heavy (non-hydrogen) atoms. The van der Waals surface area contributed by atoms with Gasteiger partial charge in [0.25, 0.3) is 0 Å². The number of hydrogen-bond acceptors (Lipinski definition) is 10. The van der Waals surface area contributed by atoms with Crippen LogP contribution in [0.25, 0.3) is 0 Å². The number of nitrogens with one attached hydrogen (secondary N) is 1. The Labute approximate surface area is 233 Å². The van der Waals surface area contributed by atoms with E-state index in [0.717, 1.165) is 34.8 Å². The number of carbonyl (C=O) groups is 1. The number of esters is 1. The first-order valence-corrected chi connectivity index (χ1v) is 13.3. The average Bonchev–Trinajstić information content (AvgIpc) is 3.69. The number of rotatable bonds is 9. The van der Waals surface area contributed by atoms with Gasteiger partial charge in [-0.25, -0.2) is 0 Å². The molecule has 1 saturated heterocycles. The first kappa shape index (κ1) is 26.3. The molecule has 4 atom stereocenters. The van der Waals surface area contributed by atoms with Crippen LogP contribution in [0, 0.1) is 11.8 Å². The molecule has 1 aliphatic carbocycles. The number of methoxy groups -OCH3 is 3. The van der Waals surface area contributed by atoms with Crippen molar-refractivity contribution in [3.63, 3.8) is 0 Å². The fourth-order valence-electron chi connectivity index (χ4n) is 6.23. The number of cyclic esters (lactones) is 1. The Hall–Kier alpha value is -3.89. The van der Waals surface area contributed by atoms with Crippen molar-refractivity contribution < 1.29 is 37.6 Å². The van der Waals surface area contributed by atoms with Crippen LogP contribution in [-0.2, 0) is 22.6 Å². The first-order chi connectivity index (χ1) is 19.4. The Bertz CT molecular complexity index is 1390. The summed E-state index contributed by atoms with van der Waals surface area (Å²) in [6.07, 6.45) is 0. The van der Waals surface area contributed by atoms with Crippen LogP contribution < -0.4 is 29.0 Å². The lowest BCUT2D eigenvalue weighted by atomic mass is 9.65. The molecule has 1 N–H and O–H groups in total. The molecule has 3 aliphatic rings. The van der Waals surface area contributed by atoms with Crippen molar-refractivity contribution in [2.75, 3.05) is 48.8 Å². The number of hydrogen-bond donors (Lipinski definition) is 1. The summed E-state index contributed by atoms with van der Waals surface area (Å²) in [5.41, 5.74) is 2.85. The lowest BCUT2D eigenvalue weighted by Crippen LogP contribution is -2.40. The zero-order valence-electron chi connectivity index (χ0n) is 23.3. The molecule has 6 rings (SSSR count). The van der Waals surface area contributed by atoms with Crippen LogP contribution in [0.15, 0.2) is 40.8 Å². The smallest absolute Gasteiger partial charge is 0.310 e. The van der Waals surface area contributed by atoms with E-state index in [0.29, 0.717) is 41.9 Å². The SMILES string of the molecule is COc1cc([C@@H]2c3cc4c(cc3[C@@H](NCc3ccc(CN(C)C)o3)[C@H]3COC(=O)[C@H]23)OCO4)cc(OC)c1OC. The zero-order valence-corrected chi connectivity index (χ0v) is 23.3. The molecule has 1 aromatic heterocycles. The summed E-state index contributed by atoms with van der Waals surface area (Å²) in [4.78, 5) is 15.4. The molecule has 1 fully saturated rings. The van der Waals surface area contributed by atoms with Gasteiger partial charge in [0, 0.05) is 17.9 Å². The molecule has 0 unspecified atom stereocenters. The van der Waals surface area contributed by atoms with E-state index >= 15 is 0 Å². The standard InChI is InChI=1S/C30H34N2O8/c1-32(2)13-18-7-6-17(40-18)12-31-28-20-11-23-22(38-15-39-23)10-19(20)26(27-21(28)14-37-30(27)33)16-8-24(34-3)29(36-5)25(9-16)35-4/h6-11,21,26-28,31H,12-15H2,1-5H3/t21-,26+,27-,28+/m0/s1. The molecule has 10 heteroatoms. The van der Waals surface area contributed by atoms with Crippen LogP contribution in [-0.4, -0.2) is 59.7 Å². The highest BCUT2D eigenvalue weighted by atomic mass is 16.7. The van der Waals surface area contributed by atoms with Crippen molar-refractivity contribution >= 4 is 5.97 Å². The highest BCUT2D eigenvalue weighted by Crippen LogP contribution is 2.55. The minimum Gasteiger partial charge on any atom is -0.493 e. The molecule has 212 valence electrons. The topological polar surface area (TPSA) is 101 Å². The molecule has 2 aliphatic heterocycles. The molecule has 0 spiro atoms. The minimum atomic E-state index is -0.436. The van der Waals surface area contributed by atoms with Gasteiger partial charge in [0.2, 0.25) is 12.5 Å². The van der Waals surface area contributed by atoms with Gasteiger partial charge < -0.3 is 43.1 Å². The third kappa shape index (κ3) is 4.50. The molecule has 0 bridgehead atoms. The van der Waals surface area contributed by atoms with Gasteiger partial charge >= 0.3 is 5.97 Å². The van der Waals surface area contributed by atoms with E-state index in [1.807, 2.05) is 50.5 Å². The summed E-state index contributed by atoms with van der Waals surface area (Å²) in [5.74, 6) is 3.48. The Balaban J connectivity index is 1.44. The molecule has 0 saturated carbocycles. The third-order valence-electron chi connectivity index (χ3n) is 7.92.